The molecule has 0 saturated carbocycles. The van der Waals surface area contributed by atoms with E-state index in [1.54, 1.807) is 0 Å². The zero-order chi connectivity index (χ0) is 17.6. The van der Waals surface area contributed by atoms with Crippen molar-refractivity contribution in [3.8, 4) is 0 Å². The molecule has 0 unspecified atom stereocenters. The minimum atomic E-state index is -0.0625. The Balaban J connectivity index is -0.000000108. The van der Waals surface area contributed by atoms with Crippen molar-refractivity contribution in [2.45, 2.75) is 60.8 Å². The smallest absolute Gasteiger partial charge is 0.300 e. The average Bonchev–Trinajstić information content (AvgIpc) is 2.10. The number of rotatable bonds is 6. The van der Waals surface area contributed by atoms with Gasteiger partial charge in [0, 0.05) is 0 Å². The molecule has 0 aliphatic carbocycles. The second-order valence-corrected chi connectivity index (χ2v) is 4.74. The first-order chi connectivity index (χ1) is 9.38. The first-order valence-electron chi connectivity index (χ1n) is 6.35. The molecule has 125 valence electrons. The predicted molar refractivity (Wildman–Crippen MR) is 77.9 cm³/mol. The van der Waals surface area contributed by atoms with Crippen LogP contribution in [0.4, 0.5) is 0 Å². The van der Waals surface area contributed by atoms with Gasteiger partial charge in [-0.15, -0.1) is 0 Å². The Labute approximate surface area is 141 Å². The molecule has 0 aromatic heterocycles. The van der Waals surface area contributed by atoms with Crippen molar-refractivity contribution in [1.29, 1.82) is 0 Å². The molecule has 7 heteroatoms. The standard InChI is InChI=1S/3C5H8O2.Fe/c3*1-4(6)3-5(2)7;/h3*3H2,1-2H3;/q;;;+3. The Morgan fingerprint density at radius 2 is 0.500 bits per heavy atom. The molecule has 0 aromatic rings. The second-order valence-electron chi connectivity index (χ2n) is 4.74. The Morgan fingerprint density at radius 3 is 0.500 bits per heavy atom. The molecular formula is C15H24FeO6+3. The molecule has 0 N–H and O–H groups in total. The van der Waals surface area contributed by atoms with Crippen molar-refractivity contribution in [3.63, 3.8) is 0 Å². The zero-order valence-electron chi connectivity index (χ0n) is 13.9. The summed E-state index contributed by atoms with van der Waals surface area (Å²) in [5.41, 5.74) is 0. The van der Waals surface area contributed by atoms with Crippen LogP contribution >= 0.6 is 0 Å². The van der Waals surface area contributed by atoms with Crippen LogP contribution in [0, 0.1) is 0 Å². The Bertz CT molecular complexity index is 314. The van der Waals surface area contributed by atoms with Gasteiger partial charge >= 0.3 is 17.1 Å². The van der Waals surface area contributed by atoms with Crippen molar-refractivity contribution >= 4 is 34.7 Å². The summed E-state index contributed by atoms with van der Waals surface area (Å²) in [5, 5.41) is 0. The second kappa shape index (κ2) is 17.6. The normalized spacial score (nSPS) is 7.91. The van der Waals surface area contributed by atoms with E-state index in [9.17, 15) is 28.8 Å². The molecule has 1 radical (unpaired) electrons. The monoisotopic (exact) mass is 356 g/mol. The average molecular weight is 356 g/mol. The van der Waals surface area contributed by atoms with Crippen molar-refractivity contribution in [2.75, 3.05) is 0 Å². The fraction of sp³-hybridized carbons (Fsp3) is 0.600. The molecular weight excluding hydrogens is 332 g/mol. The third-order valence-corrected chi connectivity index (χ3v) is 1.49. The molecule has 0 aliphatic heterocycles. The fourth-order valence-electron chi connectivity index (χ4n) is 1.05. The van der Waals surface area contributed by atoms with Gasteiger partial charge in [0.05, 0.1) is 19.3 Å². The summed E-state index contributed by atoms with van der Waals surface area (Å²) in [5.74, 6) is -0.375. The van der Waals surface area contributed by atoms with Crippen molar-refractivity contribution in [3.05, 3.63) is 0 Å². The van der Waals surface area contributed by atoms with Gasteiger partial charge in [-0.3, -0.25) is 28.8 Å². The van der Waals surface area contributed by atoms with Crippen LogP contribution in [-0.4, -0.2) is 34.7 Å². The minimum absolute atomic E-state index is 0. The third-order valence-electron chi connectivity index (χ3n) is 1.49. The number of carbonyl (C=O) groups excluding carboxylic acids is 6. The van der Waals surface area contributed by atoms with Crippen molar-refractivity contribution in [2.24, 2.45) is 0 Å². The summed E-state index contributed by atoms with van der Waals surface area (Å²) >= 11 is 0. The van der Waals surface area contributed by atoms with Crippen LogP contribution in [0.3, 0.4) is 0 Å². The Hall–Kier alpha value is -1.46. The van der Waals surface area contributed by atoms with E-state index >= 15 is 0 Å². The van der Waals surface area contributed by atoms with E-state index in [1.807, 2.05) is 0 Å². The van der Waals surface area contributed by atoms with Gasteiger partial charge < -0.3 is 0 Å². The number of ketones is 6. The van der Waals surface area contributed by atoms with E-state index in [0.29, 0.717) is 0 Å². The summed E-state index contributed by atoms with van der Waals surface area (Å²) in [6.07, 6.45) is 0.250. The van der Waals surface area contributed by atoms with Crippen LogP contribution < -0.4 is 0 Å². The Morgan fingerprint density at radius 1 is 0.409 bits per heavy atom. The molecule has 0 rings (SSSR count). The molecule has 22 heavy (non-hydrogen) atoms. The fourth-order valence-corrected chi connectivity index (χ4v) is 1.05. The minimum Gasteiger partial charge on any atom is -0.300 e. The van der Waals surface area contributed by atoms with Gasteiger partial charge in [-0.05, 0) is 41.5 Å². The zero-order valence-corrected chi connectivity index (χ0v) is 15.0. The van der Waals surface area contributed by atoms with E-state index < -0.39 is 0 Å². The molecule has 0 saturated heterocycles. The largest absolute Gasteiger partial charge is 3.00 e. The van der Waals surface area contributed by atoms with Gasteiger partial charge in [-0.2, -0.15) is 0 Å². The van der Waals surface area contributed by atoms with Gasteiger partial charge in [0.2, 0.25) is 0 Å². The van der Waals surface area contributed by atoms with Crippen LogP contribution in [0.1, 0.15) is 60.8 Å². The Kier molecular flexibility index (Phi) is 22.9. The van der Waals surface area contributed by atoms with Crippen LogP contribution in [0.5, 0.6) is 0 Å². The van der Waals surface area contributed by atoms with Gasteiger partial charge in [-0.1, -0.05) is 0 Å². The number of Topliss-reactive ketones (excluding diaryl/α,β-unsaturated/α-hetero) is 6. The van der Waals surface area contributed by atoms with Gasteiger partial charge in [0.25, 0.3) is 0 Å². The van der Waals surface area contributed by atoms with Crippen molar-refractivity contribution in [1.82, 2.24) is 0 Å². The van der Waals surface area contributed by atoms with Gasteiger partial charge in [-0.25, -0.2) is 0 Å². The molecule has 0 atom stereocenters. The molecule has 6 nitrogen and oxygen atoms in total. The van der Waals surface area contributed by atoms with Gasteiger partial charge in [0.15, 0.2) is 0 Å². The van der Waals surface area contributed by atoms with Crippen LogP contribution in [-0.2, 0) is 45.8 Å². The third kappa shape index (κ3) is 51.3. The molecule has 0 spiro atoms. The van der Waals surface area contributed by atoms with Crippen LogP contribution in [0.15, 0.2) is 0 Å². The molecule has 0 aliphatic rings. The van der Waals surface area contributed by atoms with Gasteiger partial charge in [0.1, 0.15) is 34.7 Å². The quantitative estimate of drug-likeness (QED) is 0.530. The topological polar surface area (TPSA) is 102 Å². The summed E-state index contributed by atoms with van der Waals surface area (Å²) in [6.45, 7) is 8.42. The summed E-state index contributed by atoms with van der Waals surface area (Å²) in [4.78, 5) is 60.2. The van der Waals surface area contributed by atoms with Crippen LogP contribution in [0.25, 0.3) is 0 Å². The van der Waals surface area contributed by atoms with Crippen LogP contribution in [0.2, 0.25) is 0 Å². The molecule has 0 bridgehead atoms. The number of hydrogen-bond acceptors (Lipinski definition) is 6. The number of hydrogen-bond donors (Lipinski definition) is 0. The molecule has 0 aromatic carbocycles. The molecule has 0 amide bonds. The summed E-state index contributed by atoms with van der Waals surface area (Å²) in [7, 11) is 0. The maximum Gasteiger partial charge on any atom is 3.00 e. The van der Waals surface area contributed by atoms with Crippen molar-refractivity contribution < 1.29 is 45.8 Å². The van der Waals surface area contributed by atoms with E-state index in [-0.39, 0.29) is 71.0 Å². The van der Waals surface area contributed by atoms with E-state index in [0.717, 1.165) is 0 Å². The molecule has 0 fully saturated rings. The first-order valence-corrected chi connectivity index (χ1v) is 6.35. The first kappa shape index (κ1) is 28.7. The van der Waals surface area contributed by atoms with E-state index in [4.69, 9.17) is 0 Å². The maximum atomic E-state index is 10.0. The van der Waals surface area contributed by atoms with E-state index in [1.165, 1.54) is 41.5 Å². The predicted octanol–water partition coefficient (Wildman–Crippen LogP) is 1.66. The number of carbonyl (C=O) groups is 6. The maximum absolute atomic E-state index is 10.0. The SMILES string of the molecule is CC(=O)CC(C)=O.CC(=O)CC(C)=O.CC(=O)CC(C)=O.[Fe+3]. The van der Waals surface area contributed by atoms with E-state index in [2.05, 4.69) is 0 Å². The summed E-state index contributed by atoms with van der Waals surface area (Å²) < 4.78 is 0. The summed E-state index contributed by atoms with van der Waals surface area (Å²) in [6, 6.07) is 0. The molecule has 0 heterocycles.